The van der Waals surface area contributed by atoms with Crippen molar-refractivity contribution in [3.05, 3.63) is 33.4 Å². The van der Waals surface area contributed by atoms with E-state index >= 15 is 0 Å². The summed E-state index contributed by atoms with van der Waals surface area (Å²) in [6.07, 6.45) is 1.87. The van der Waals surface area contributed by atoms with E-state index in [1.165, 1.54) is 6.26 Å². The molecule has 0 aliphatic heterocycles. The maximum absolute atomic E-state index is 12.9. The molecule has 0 saturated heterocycles. The Morgan fingerprint density at radius 1 is 1.38 bits per heavy atom. The summed E-state index contributed by atoms with van der Waals surface area (Å²) in [6, 6.07) is 3.14. The monoisotopic (exact) mass is 420 g/mol. The number of benzene rings is 1. The molecule has 2 aromatic rings. The highest BCUT2D eigenvalue weighted by Crippen LogP contribution is 2.39. The Bertz CT molecular complexity index is 950. The summed E-state index contributed by atoms with van der Waals surface area (Å²) < 4.78 is 51.7. The van der Waals surface area contributed by atoms with Crippen LogP contribution in [0.1, 0.15) is 11.3 Å². The summed E-state index contributed by atoms with van der Waals surface area (Å²) in [5.41, 5.74) is -1.34. The second-order valence-corrected chi connectivity index (χ2v) is 6.98. The van der Waals surface area contributed by atoms with Gasteiger partial charge in [0.1, 0.15) is 22.5 Å². The predicted octanol–water partition coefficient (Wildman–Crippen LogP) is 3.85. The number of hydrogen-bond acceptors (Lipinski definition) is 4. The Hall–Kier alpha value is -2.20. The minimum absolute atomic E-state index is 0.0172. The van der Waals surface area contributed by atoms with Gasteiger partial charge in [0.15, 0.2) is 5.69 Å². The molecule has 0 bridgehead atoms. The zero-order valence-corrected chi connectivity index (χ0v) is 15.3. The van der Waals surface area contributed by atoms with Crippen LogP contribution in [-0.4, -0.2) is 26.8 Å². The maximum atomic E-state index is 12.9. The van der Waals surface area contributed by atoms with E-state index in [0.717, 1.165) is 4.68 Å². The number of alkyl halides is 3. The van der Waals surface area contributed by atoms with Crippen LogP contribution in [0.5, 0.6) is 0 Å². The molecule has 0 aliphatic rings. The molecule has 136 valence electrons. The van der Waals surface area contributed by atoms with Gasteiger partial charge in [-0.05, 0) is 12.1 Å². The van der Waals surface area contributed by atoms with Crippen LogP contribution in [0, 0.1) is 23.7 Å². The van der Waals surface area contributed by atoms with Gasteiger partial charge in [0.2, 0.25) is 0 Å². The lowest BCUT2D eigenvalue weighted by atomic mass is 10.2. The SMILES string of the molecule is C#CCNc1c(S(C)=O)c(C#N)nn1-c1c(Cl)cc(C(F)(F)F)cc1Cl. The van der Waals surface area contributed by atoms with Gasteiger partial charge in [-0.3, -0.25) is 4.21 Å². The van der Waals surface area contributed by atoms with E-state index in [4.69, 9.17) is 29.6 Å². The number of nitrogens with one attached hydrogen (secondary N) is 1. The van der Waals surface area contributed by atoms with E-state index in [-0.39, 0.29) is 38.7 Å². The first-order chi connectivity index (χ1) is 12.1. The van der Waals surface area contributed by atoms with Gasteiger partial charge in [-0.2, -0.15) is 23.5 Å². The molecular weight excluding hydrogens is 412 g/mol. The number of rotatable bonds is 4. The van der Waals surface area contributed by atoms with Gasteiger partial charge in [-0.15, -0.1) is 6.42 Å². The molecule has 11 heteroatoms. The second-order valence-electron chi connectivity index (χ2n) is 4.85. The van der Waals surface area contributed by atoms with Crippen molar-refractivity contribution < 1.29 is 17.4 Å². The summed E-state index contributed by atoms with van der Waals surface area (Å²) in [4.78, 5) is 0.0368. The molecule has 2 rings (SSSR count). The standard InChI is InChI=1S/C15H9Cl2F3N4OS/c1-3-4-22-14-13(26(2)25)11(7-21)23-24(14)12-9(16)5-8(6-10(12)17)15(18,19)20/h1,5-6,22H,4H2,2H3. The van der Waals surface area contributed by atoms with E-state index in [0.29, 0.717) is 12.1 Å². The molecule has 0 aliphatic carbocycles. The molecule has 1 aromatic carbocycles. The summed E-state index contributed by atoms with van der Waals surface area (Å²) in [5, 5.41) is 15.2. The molecule has 1 heterocycles. The maximum Gasteiger partial charge on any atom is 0.416 e. The highest BCUT2D eigenvalue weighted by atomic mass is 35.5. The lowest BCUT2D eigenvalue weighted by Crippen LogP contribution is -2.11. The van der Waals surface area contributed by atoms with Crippen molar-refractivity contribution in [2.24, 2.45) is 0 Å². The second kappa shape index (κ2) is 7.58. The van der Waals surface area contributed by atoms with Crippen molar-refractivity contribution in [3.63, 3.8) is 0 Å². The van der Waals surface area contributed by atoms with Gasteiger partial charge < -0.3 is 5.32 Å². The Balaban J connectivity index is 2.79. The molecule has 0 fully saturated rings. The summed E-state index contributed by atoms with van der Waals surface area (Å²) in [5.74, 6) is 2.36. The molecule has 1 N–H and O–H groups in total. The molecule has 5 nitrogen and oxygen atoms in total. The Kier molecular flexibility index (Phi) is 5.87. The van der Waals surface area contributed by atoms with Crippen LogP contribution in [0.4, 0.5) is 19.0 Å². The smallest absolute Gasteiger partial charge is 0.358 e. The van der Waals surface area contributed by atoms with Crippen LogP contribution in [0.3, 0.4) is 0 Å². The van der Waals surface area contributed by atoms with Crippen molar-refractivity contribution >= 4 is 39.8 Å². The van der Waals surface area contributed by atoms with Crippen LogP contribution < -0.4 is 5.32 Å². The van der Waals surface area contributed by atoms with E-state index in [2.05, 4.69) is 16.3 Å². The molecule has 1 aromatic heterocycles. The molecule has 0 radical (unpaired) electrons. The third-order valence-electron chi connectivity index (χ3n) is 3.15. The van der Waals surface area contributed by atoms with Gasteiger partial charge in [0.25, 0.3) is 0 Å². The zero-order chi connectivity index (χ0) is 19.6. The molecule has 1 atom stereocenters. The quantitative estimate of drug-likeness (QED) is 0.762. The predicted molar refractivity (Wildman–Crippen MR) is 93.0 cm³/mol. The number of nitrogens with zero attached hydrogens (tertiary/aromatic N) is 3. The minimum Gasteiger partial charge on any atom is -0.358 e. The first-order valence-corrected chi connectivity index (χ1v) is 9.03. The van der Waals surface area contributed by atoms with Crippen LogP contribution in [0.2, 0.25) is 10.0 Å². The first-order valence-electron chi connectivity index (χ1n) is 6.72. The van der Waals surface area contributed by atoms with Crippen LogP contribution in [-0.2, 0) is 17.0 Å². The summed E-state index contributed by atoms with van der Waals surface area (Å²) in [6.45, 7) is -0.0172. The van der Waals surface area contributed by atoms with E-state index in [9.17, 15) is 22.6 Å². The number of halogens is 5. The molecule has 0 spiro atoms. The third-order valence-corrected chi connectivity index (χ3v) is 4.69. The van der Waals surface area contributed by atoms with Crippen LogP contribution in [0.25, 0.3) is 5.69 Å². The molecule has 1 unspecified atom stereocenters. The summed E-state index contributed by atoms with van der Waals surface area (Å²) >= 11 is 12.0. The number of hydrogen-bond donors (Lipinski definition) is 1. The topological polar surface area (TPSA) is 70.7 Å². The normalized spacial score (nSPS) is 12.3. The molecule has 26 heavy (non-hydrogen) atoms. The largest absolute Gasteiger partial charge is 0.416 e. The molecular formula is C15H9Cl2F3N4OS. The number of terminal acetylenes is 1. The lowest BCUT2D eigenvalue weighted by Gasteiger charge is -2.15. The number of anilines is 1. The molecule has 0 amide bonds. The highest BCUT2D eigenvalue weighted by molar-refractivity contribution is 7.84. The van der Waals surface area contributed by atoms with Crippen LogP contribution in [0.15, 0.2) is 17.0 Å². The Labute approximate surface area is 159 Å². The van der Waals surface area contributed by atoms with E-state index in [1.807, 2.05) is 0 Å². The average Bonchev–Trinajstić information content (AvgIpc) is 2.89. The number of nitriles is 1. The van der Waals surface area contributed by atoms with Crippen LogP contribution >= 0.6 is 23.2 Å². The zero-order valence-electron chi connectivity index (χ0n) is 13.0. The highest BCUT2D eigenvalue weighted by Gasteiger charge is 2.33. The van der Waals surface area contributed by atoms with Gasteiger partial charge in [0.05, 0.1) is 33.0 Å². The summed E-state index contributed by atoms with van der Waals surface area (Å²) in [7, 11) is -1.64. The first kappa shape index (κ1) is 20.1. The number of aromatic nitrogens is 2. The lowest BCUT2D eigenvalue weighted by molar-refractivity contribution is -0.137. The van der Waals surface area contributed by atoms with E-state index in [1.54, 1.807) is 6.07 Å². The van der Waals surface area contributed by atoms with Crippen molar-refractivity contribution in [1.29, 1.82) is 5.26 Å². The van der Waals surface area contributed by atoms with Crippen molar-refractivity contribution in [2.45, 2.75) is 11.1 Å². The van der Waals surface area contributed by atoms with Crippen molar-refractivity contribution in [2.75, 3.05) is 18.1 Å². The Morgan fingerprint density at radius 3 is 2.38 bits per heavy atom. The average molecular weight is 421 g/mol. The third kappa shape index (κ3) is 3.80. The van der Waals surface area contributed by atoms with Crippen molar-refractivity contribution in [3.8, 4) is 24.1 Å². The minimum atomic E-state index is -4.64. The van der Waals surface area contributed by atoms with Gasteiger partial charge in [0, 0.05) is 6.26 Å². The fourth-order valence-electron chi connectivity index (χ4n) is 2.13. The molecule has 0 saturated carbocycles. The fraction of sp³-hybridized carbons (Fsp3) is 0.200. The van der Waals surface area contributed by atoms with Gasteiger partial charge in [-0.1, -0.05) is 29.1 Å². The fourth-order valence-corrected chi connectivity index (χ4v) is 3.57. The van der Waals surface area contributed by atoms with Gasteiger partial charge in [-0.25, -0.2) is 4.68 Å². The van der Waals surface area contributed by atoms with Gasteiger partial charge >= 0.3 is 6.18 Å². The Morgan fingerprint density at radius 2 is 1.96 bits per heavy atom. The van der Waals surface area contributed by atoms with Crippen molar-refractivity contribution in [1.82, 2.24) is 9.78 Å². The van der Waals surface area contributed by atoms with E-state index < -0.39 is 22.5 Å².